The third kappa shape index (κ3) is 5.92. The number of carbonyl (C=O) groups is 1. The summed E-state index contributed by atoms with van der Waals surface area (Å²) in [5.74, 6) is 0.243. The Hall–Kier alpha value is -3.70. The zero-order valence-electron chi connectivity index (χ0n) is 20.8. The van der Waals surface area contributed by atoms with Gasteiger partial charge in [0.1, 0.15) is 0 Å². The molecule has 5 nitrogen and oxygen atoms in total. The molecule has 2 heterocycles. The minimum Gasteiger partial charge on any atom is -0.333 e. The van der Waals surface area contributed by atoms with Gasteiger partial charge in [0.15, 0.2) is 0 Å². The lowest BCUT2D eigenvalue weighted by atomic mass is 9.82. The molecule has 184 valence electrons. The van der Waals surface area contributed by atoms with Crippen molar-refractivity contribution >= 4 is 22.6 Å². The van der Waals surface area contributed by atoms with Crippen LogP contribution in [0, 0.1) is 12.8 Å². The summed E-state index contributed by atoms with van der Waals surface area (Å²) in [7, 11) is 0. The predicted octanol–water partition coefficient (Wildman–Crippen LogP) is 5.89. The number of nitrogens with zero attached hydrogens (tertiary/aromatic N) is 1. The van der Waals surface area contributed by atoms with Crippen molar-refractivity contribution < 1.29 is 4.79 Å². The number of fused-ring (bicyclic) bond motifs is 1. The highest BCUT2D eigenvalue weighted by Crippen LogP contribution is 2.26. The van der Waals surface area contributed by atoms with E-state index in [1.165, 1.54) is 11.1 Å². The number of aryl methyl sites for hydroxylation is 1. The average Bonchev–Trinajstić information content (AvgIpc) is 3.43. The lowest BCUT2D eigenvalue weighted by Gasteiger charge is -2.33. The molecule has 1 fully saturated rings. The van der Waals surface area contributed by atoms with E-state index < -0.39 is 0 Å². The van der Waals surface area contributed by atoms with Crippen LogP contribution in [-0.2, 0) is 12.8 Å². The fourth-order valence-corrected chi connectivity index (χ4v) is 5.45. The van der Waals surface area contributed by atoms with Gasteiger partial charge in [-0.05, 0) is 68.3 Å². The fourth-order valence-electron chi connectivity index (χ4n) is 5.45. The Bertz CT molecular complexity index is 1240. The highest BCUT2D eigenvalue weighted by Gasteiger charge is 2.33. The molecule has 5 rings (SSSR count). The van der Waals surface area contributed by atoms with Crippen molar-refractivity contribution in [2.24, 2.45) is 5.92 Å². The third-order valence-corrected chi connectivity index (χ3v) is 7.11. The summed E-state index contributed by atoms with van der Waals surface area (Å²) in [4.78, 5) is 18.1. The second-order valence-corrected chi connectivity index (χ2v) is 9.79. The average molecular weight is 479 g/mol. The van der Waals surface area contributed by atoms with Crippen molar-refractivity contribution in [1.29, 1.82) is 0 Å². The summed E-state index contributed by atoms with van der Waals surface area (Å²) in [6, 6.07) is 31.1. The van der Waals surface area contributed by atoms with Gasteiger partial charge in [0, 0.05) is 23.2 Å². The van der Waals surface area contributed by atoms with E-state index in [4.69, 9.17) is 0 Å². The SMILES string of the molecule is Cc1cc(NC(=O)N[C@@H](C(Cc2ccccc2)Cc2ccccc2)C2CCCN2)c2ccccc2n1. The number of urea groups is 1. The van der Waals surface area contributed by atoms with E-state index in [0.29, 0.717) is 0 Å². The van der Waals surface area contributed by atoms with Crippen molar-refractivity contribution in [3.8, 4) is 0 Å². The lowest BCUT2D eigenvalue weighted by molar-refractivity contribution is 0.232. The maximum atomic E-state index is 13.5. The zero-order chi connectivity index (χ0) is 24.7. The van der Waals surface area contributed by atoms with Gasteiger partial charge in [-0.3, -0.25) is 4.98 Å². The molecule has 0 spiro atoms. The molecule has 0 radical (unpaired) electrons. The van der Waals surface area contributed by atoms with Crippen LogP contribution in [0.2, 0.25) is 0 Å². The molecule has 4 aromatic rings. The topological polar surface area (TPSA) is 66.1 Å². The number of pyridine rings is 1. The van der Waals surface area contributed by atoms with E-state index in [1.54, 1.807) is 0 Å². The molecule has 1 unspecified atom stereocenters. The van der Waals surface area contributed by atoms with Crippen LogP contribution in [0.4, 0.5) is 10.5 Å². The van der Waals surface area contributed by atoms with E-state index in [2.05, 4.69) is 81.6 Å². The third-order valence-electron chi connectivity index (χ3n) is 7.11. The first kappa shape index (κ1) is 24.0. The number of hydrogen-bond donors (Lipinski definition) is 3. The summed E-state index contributed by atoms with van der Waals surface area (Å²) >= 11 is 0. The zero-order valence-corrected chi connectivity index (χ0v) is 20.8. The molecule has 36 heavy (non-hydrogen) atoms. The molecule has 1 aliphatic heterocycles. The van der Waals surface area contributed by atoms with Crippen LogP contribution in [0.1, 0.15) is 29.7 Å². The number of aromatic nitrogens is 1. The Kier molecular flexibility index (Phi) is 7.58. The maximum Gasteiger partial charge on any atom is 0.319 e. The summed E-state index contributed by atoms with van der Waals surface area (Å²) in [5.41, 5.74) is 5.13. The second-order valence-electron chi connectivity index (χ2n) is 9.79. The summed E-state index contributed by atoms with van der Waals surface area (Å²) in [6.07, 6.45) is 3.98. The van der Waals surface area contributed by atoms with E-state index in [1.807, 2.05) is 37.3 Å². The highest BCUT2D eigenvalue weighted by molar-refractivity contribution is 6.00. The molecule has 1 aliphatic rings. The number of benzene rings is 3. The summed E-state index contributed by atoms with van der Waals surface area (Å²) in [6.45, 7) is 2.94. The van der Waals surface area contributed by atoms with Crippen molar-refractivity contribution in [2.75, 3.05) is 11.9 Å². The van der Waals surface area contributed by atoms with Gasteiger partial charge in [0.25, 0.3) is 0 Å². The van der Waals surface area contributed by atoms with E-state index in [0.717, 1.165) is 54.5 Å². The Balaban J connectivity index is 1.42. The summed E-state index contributed by atoms with van der Waals surface area (Å²) in [5, 5.41) is 11.2. The monoisotopic (exact) mass is 478 g/mol. The number of nitrogens with one attached hydrogen (secondary N) is 3. The van der Waals surface area contributed by atoms with Gasteiger partial charge >= 0.3 is 6.03 Å². The Morgan fingerprint density at radius 2 is 1.58 bits per heavy atom. The van der Waals surface area contributed by atoms with Crippen molar-refractivity contribution in [3.05, 3.63) is 108 Å². The highest BCUT2D eigenvalue weighted by atomic mass is 16.2. The second kappa shape index (κ2) is 11.4. The standard InChI is InChI=1S/C31H34N4O/c1-22-19-29(26-15-8-9-16-27(26)33-22)34-31(36)35-30(28-17-10-18-32-28)25(20-23-11-4-2-5-12-23)21-24-13-6-3-7-14-24/h2-9,11-16,19,25,28,30,32H,10,17-18,20-21H2,1H3,(H2,33,34,35,36)/t28?,30-/m0/s1. The molecular formula is C31H34N4O. The molecule has 0 aliphatic carbocycles. The van der Waals surface area contributed by atoms with Crippen LogP contribution >= 0.6 is 0 Å². The van der Waals surface area contributed by atoms with Gasteiger partial charge in [-0.25, -0.2) is 4.79 Å². The Morgan fingerprint density at radius 3 is 2.22 bits per heavy atom. The first-order valence-corrected chi connectivity index (χ1v) is 12.9. The number of para-hydroxylation sites is 1. The quantitative estimate of drug-likeness (QED) is 0.296. The van der Waals surface area contributed by atoms with E-state index in [-0.39, 0.29) is 24.0 Å². The minimum absolute atomic E-state index is 0.0119. The predicted molar refractivity (Wildman–Crippen MR) is 147 cm³/mol. The molecular weight excluding hydrogens is 444 g/mol. The summed E-state index contributed by atoms with van der Waals surface area (Å²) < 4.78 is 0. The van der Waals surface area contributed by atoms with Crippen molar-refractivity contribution in [2.45, 2.75) is 44.7 Å². The molecule has 1 saturated heterocycles. The van der Waals surface area contributed by atoms with Crippen LogP contribution in [-0.4, -0.2) is 29.6 Å². The molecule has 3 aromatic carbocycles. The molecule has 3 N–H and O–H groups in total. The van der Waals surface area contributed by atoms with Crippen molar-refractivity contribution in [1.82, 2.24) is 15.6 Å². The van der Waals surface area contributed by atoms with Crippen LogP contribution < -0.4 is 16.0 Å². The first-order valence-electron chi connectivity index (χ1n) is 12.9. The normalized spacial score (nSPS) is 16.2. The number of hydrogen-bond acceptors (Lipinski definition) is 3. The van der Waals surface area contributed by atoms with Crippen molar-refractivity contribution in [3.63, 3.8) is 0 Å². The number of carbonyl (C=O) groups excluding carboxylic acids is 1. The maximum absolute atomic E-state index is 13.5. The number of amides is 2. The molecule has 1 aromatic heterocycles. The molecule has 0 bridgehead atoms. The van der Waals surface area contributed by atoms with Crippen LogP contribution in [0.25, 0.3) is 10.9 Å². The van der Waals surface area contributed by atoms with E-state index >= 15 is 0 Å². The number of anilines is 1. The molecule has 2 atom stereocenters. The lowest BCUT2D eigenvalue weighted by Crippen LogP contribution is -2.53. The van der Waals surface area contributed by atoms with Gasteiger partial charge in [-0.1, -0.05) is 78.9 Å². The first-order chi connectivity index (χ1) is 17.7. The van der Waals surface area contributed by atoms with Gasteiger partial charge in [-0.2, -0.15) is 0 Å². The number of rotatable bonds is 8. The minimum atomic E-state index is -0.171. The Morgan fingerprint density at radius 1 is 0.944 bits per heavy atom. The van der Waals surface area contributed by atoms with Gasteiger partial charge in [0.2, 0.25) is 0 Å². The molecule has 2 amide bonds. The van der Waals surface area contributed by atoms with Gasteiger partial charge in [0.05, 0.1) is 11.2 Å². The Labute approximate surface area is 213 Å². The van der Waals surface area contributed by atoms with Crippen LogP contribution in [0.5, 0.6) is 0 Å². The fraction of sp³-hybridized carbons (Fsp3) is 0.290. The largest absolute Gasteiger partial charge is 0.333 e. The van der Waals surface area contributed by atoms with E-state index in [9.17, 15) is 4.79 Å². The smallest absolute Gasteiger partial charge is 0.319 e. The molecule has 5 heteroatoms. The molecule has 0 saturated carbocycles. The van der Waals surface area contributed by atoms with Gasteiger partial charge < -0.3 is 16.0 Å². The van der Waals surface area contributed by atoms with Crippen LogP contribution in [0.15, 0.2) is 91.0 Å². The van der Waals surface area contributed by atoms with Crippen LogP contribution in [0.3, 0.4) is 0 Å². The van der Waals surface area contributed by atoms with Gasteiger partial charge in [-0.15, -0.1) is 0 Å².